The second-order valence-electron chi connectivity index (χ2n) is 5.22. The number of aryl methyl sites for hydroxylation is 3. The number of hydrogen-bond donors (Lipinski definition) is 0. The highest BCUT2D eigenvalue weighted by Crippen LogP contribution is 2.26. The molecule has 0 saturated carbocycles. The summed E-state index contributed by atoms with van der Waals surface area (Å²) in [4.78, 5) is 19.0. The van der Waals surface area contributed by atoms with Crippen molar-refractivity contribution in [3.8, 4) is 6.07 Å². The van der Waals surface area contributed by atoms with Crippen LogP contribution in [0.3, 0.4) is 0 Å². The van der Waals surface area contributed by atoms with E-state index in [1.165, 1.54) is 16.0 Å². The van der Waals surface area contributed by atoms with Gasteiger partial charge in [0, 0.05) is 4.88 Å². The van der Waals surface area contributed by atoms with E-state index in [2.05, 4.69) is 16.2 Å². The Labute approximate surface area is 137 Å². The van der Waals surface area contributed by atoms with Gasteiger partial charge < -0.3 is 0 Å². The van der Waals surface area contributed by atoms with Crippen LogP contribution < -0.4 is 5.56 Å². The third-order valence-electron chi connectivity index (χ3n) is 3.70. The Bertz CT molecular complexity index is 1020. The highest BCUT2D eigenvalue weighted by Gasteiger charge is 2.13. The number of rotatable bonds is 2. The van der Waals surface area contributed by atoms with Crippen LogP contribution in [0.5, 0.6) is 0 Å². The van der Waals surface area contributed by atoms with Crippen LogP contribution in [0.25, 0.3) is 10.2 Å². The van der Waals surface area contributed by atoms with Crippen molar-refractivity contribution in [3.05, 3.63) is 62.0 Å². The topological polar surface area (TPSA) is 71.0 Å². The van der Waals surface area contributed by atoms with Gasteiger partial charge in [-0.2, -0.15) is 15.0 Å². The van der Waals surface area contributed by atoms with Crippen LogP contribution in [0.15, 0.2) is 34.2 Å². The number of aromatic nitrogens is 2. The van der Waals surface area contributed by atoms with Crippen LogP contribution in [-0.4, -0.2) is 15.9 Å². The highest BCUT2D eigenvalue weighted by atomic mass is 32.1. The molecule has 0 saturated heterocycles. The molecule has 2 aromatic heterocycles. The zero-order valence-electron chi connectivity index (χ0n) is 13.0. The molecule has 0 aliphatic heterocycles. The summed E-state index contributed by atoms with van der Waals surface area (Å²) in [5.41, 5.74) is 2.21. The molecule has 0 spiro atoms. The fourth-order valence-corrected chi connectivity index (χ4v) is 3.36. The van der Waals surface area contributed by atoms with Gasteiger partial charge in [-0.3, -0.25) is 4.79 Å². The fraction of sp³-hybridized carbons (Fsp3) is 0.176. The van der Waals surface area contributed by atoms with E-state index >= 15 is 0 Å². The lowest BCUT2D eigenvalue weighted by molar-refractivity contribution is 0.772. The summed E-state index contributed by atoms with van der Waals surface area (Å²) in [7, 11) is 0. The van der Waals surface area contributed by atoms with Gasteiger partial charge in [-0.1, -0.05) is 12.1 Å². The van der Waals surface area contributed by atoms with Crippen LogP contribution >= 0.6 is 11.3 Å². The van der Waals surface area contributed by atoms with E-state index in [1.54, 1.807) is 37.4 Å². The minimum absolute atomic E-state index is 0.153. The molecule has 6 heteroatoms. The molecule has 3 rings (SSSR count). The first-order valence-corrected chi connectivity index (χ1v) is 7.87. The van der Waals surface area contributed by atoms with Gasteiger partial charge in [0.2, 0.25) is 0 Å². The van der Waals surface area contributed by atoms with Crippen LogP contribution in [-0.2, 0) is 0 Å². The molecule has 3 aromatic rings. The van der Waals surface area contributed by atoms with Crippen molar-refractivity contribution in [2.45, 2.75) is 20.8 Å². The predicted octanol–water partition coefficient (Wildman–Crippen LogP) is 3.14. The Hall–Kier alpha value is -2.78. The Morgan fingerprint density at radius 2 is 1.96 bits per heavy atom. The fourth-order valence-electron chi connectivity index (χ4n) is 2.29. The Morgan fingerprint density at radius 3 is 2.61 bits per heavy atom. The molecule has 0 atom stereocenters. The zero-order chi connectivity index (χ0) is 16.6. The number of fused-ring (bicyclic) bond motifs is 1. The minimum atomic E-state index is -0.153. The first-order valence-electron chi connectivity index (χ1n) is 7.05. The van der Waals surface area contributed by atoms with Crippen molar-refractivity contribution in [2.24, 2.45) is 5.10 Å². The van der Waals surface area contributed by atoms with Crippen LogP contribution in [0.4, 0.5) is 0 Å². The van der Waals surface area contributed by atoms with E-state index in [0.29, 0.717) is 16.8 Å². The monoisotopic (exact) mass is 322 g/mol. The summed E-state index contributed by atoms with van der Waals surface area (Å²) < 4.78 is 1.32. The summed E-state index contributed by atoms with van der Waals surface area (Å²) in [6.07, 6.45) is 1.59. The minimum Gasteiger partial charge on any atom is -0.267 e. The molecule has 1 aromatic carbocycles. The maximum Gasteiger partial charge on any atom is 0.283 e. The maximum absolute atomic E-state index is 12.7. The molecule has 0 bridgehead atoms. The average molecular weight is 322 g/mol. The Balaban J connectivity index is 2.09. The van der Waals surface area contributed by atoms with E-state index in [1.807, 2.05) is 13.8 Å². The van der Waals surface area contributed by atoms with E-state index in [4.69, 9.17) is 5.26 Å². The number of hydrogen-bond acceptors (Lipinski definition) is 5. The van der Waals surface area contributed by atoms with E-state index < -0.39 is 0 Å². The zero-order valence-corrected chi connectivity index (χ0v) is 13.8. The van der Waals surface area contributed by atoms with Crippen molar-refractivity contribution in [1.82, 2.24) is 9.66 Å². The van der Waals surface area contributed by atoms with Crippen molar-refractivity contribution in [2.75, 3.05) is 0 Å². The molecule has 0 aliphatic carbocycles. The molecule has 23 heavy (non-hydrogen) atoms. The second kappa shape index (κ2) is 5.78. The lowest BCUT2D eigenvalue weighted by atomic mass is 10.2. The van der Waals surface area contributed by atoms with Gasteiger partial charge in [0.25, 0.3) is 5.56 Å². The molecule has 0 N–H and O–H groups in total. The van der Waals surface area contributed by atoms with Crippen molar-refractivity contribution >= 4 is 27.8 Å². The molecule has 0 unspecified atom stereocenters. The van der Waals surface area contributed by atoms with Gasteiger partial charge in [-0.05, 0) is 44.0 Å². The maximum atomic E-state index is 12.7. The van der Waals surface area contributed by atoms with E-state index in [-0.39, 0.29) is 5.56 Å². The molecule has 0 amide bonds. The Kier molecular flexibility index (Phi) is 3.80. The van der Waals surface area contributed by atoms with E-state index in [9.17, 15) is 4.79 Å². The lowest BCUT2D eigenvalue weighted by Gasteiger charge is -2.03. The van der Waals surface area contributed by atoms with Gasteiger partial charge in [0.15, 0.2) is 0 Å². The Morgan fingerprint density at radius 1 is 1.26 bits per heavy atom. The largest absolute Gasteiger partial charge is 0.283 e. The lowest BCUT2D eigenvalue weighted by Crippen LogP contribution is -2.20. The third kappa shape index (κ3) is 2.67. The standard InChI is InChI=1S/C17H14N4OS/c1-10-11(2)23-16-15(10)17(22)21(12(3)20-16)19-9-14-6-4-13(8-18)5-7-14/h4-7,9H,1-3H3/b19-9+. The smallest absolute Gasteiger partial charge is 0.267 e. The molecule has 0 aliphatic rings. The summed E-state index contributed by atoms with van der Waals surface area (Å²) in [5, 5.41) is 13.7. The SMILES string of the molecule is Cc1sc2nc(C)n(/N=C/c3ccc(C#N)cc3)c(=O)c2c1C. The number of benzene rings is 1. The van der Waals surface area contributed by atoms with Gasteiger partial charge in [-0.25, -0.2) is 4.98 Å². The third-order valence-corrected chi connectivity index (χ3v) is 4.81. The van der Waals surface area contributed by atoms with Gasteiger partial charge in [-0.15, -0.1) is 11.3 Å². The first-order chi connectivity index (χ1) is 11.0. The molecule has 0 fully saturated rings. The molecular formula is C17H14N4OS. The predicted molar refractivity (Wildman–Crippen MR) is 92.2 cm³/mol. The number of thiophene rings is 1. The van der Waals surface area contributed by atoms with Gasteiger partial charge >= 0.3 is 0 Å². The quantitative estimate of drug-likeness (QED) is 0.680. The summed E-state index contributed by atoms with van der Waals surface area (Å²) in [5.74, 6) is 0.550. The van der Waals surface area contributed by atoms with Gasteiger partial charge in [0.05, 0.1) is 23.2 Å². The van der Waals surface area contributed by atoms with Crippen molar-refractivity contribution in [3.63, 3.8) is 0 Å². The molecular weight excluding hydrogens is 308 g/mol. The van der Waals surface area contributed by atoms with Crippen molar-refractivity contribution in [1.29, 1.82) is 5.26 Å². The average Bonchev–Trinajstić information content (AvgIpc) is 2.82. The first kappa shape index (κ1) is 15.1. The number of nitriles is 1. The highest BCUT2D eigenvalue weighted by molar-refractivity contribution is 7.18. The van der Waals surface area contributed by atoms with E-state index in [0.717, 1.165) is 20.8 Å². The summed E-state index contributed by atoms with van der Waals surface area (Å²) >= 11 is 1.53. The number of nitrogens with zero attached hydrogens (tertiary/aromatic N) is 4. The van der Waals surface area contributed by atoms with Crippen LogP contribution in [0.1, 0.15) is 27.4 Å². The molecule has 114 valence electrons. The van der Waals surface area contributed by atoms with Gasteiger partial charge in [0.1, 0.15) is 10.7 Å². The normalized spacial score (nSPS) is 11.2. The molecule has 5 nitrogen and oxygen atoms in total. The summed E-state index contributed by atoms with van der Waals surface area (Å²) in [6, 6.07) is 9.06. The molecule has 2 heterocycles. The molecule has 0 radical (unpaired) electrons. The van der Waals surface area contributed by atoms with Crippen molar-refractivity contribution < 1.29 is 0 Å². The second-order valence-corrected chi connectivity index (χ2v) is 6.42. The van der Waals surface area contributed by atoms with Crippen LogP contribution in [0.2, 0.25) is 0 Å². The summed E-state index contributed by atoms with van der Waals surface area (Å²) in [6.45, 7) is 5.68. The van der Waals surface area contributed by atoms with Crippen LogP contribution in [0, 0.1) is 32.1 Å².